The predicted octanol–water partition coefficient (Wildman–Crippen LogP) is -1.68. The molecule has 9 nitrogen and oxygen atoms in total. The van der Waals surface area contributed by atoms with E-state index in [0.29, 0.717) is 5.57 Å². The zero-order chi connectivity index (χ0) is 14.2. The van der Waals surface area contributed by atoms with Crippen LogP contribution in [0.5, 0.6) is 0 Å². The lowest BCUT2D eigenvalue weighted by atomic mass is 10.2. The minimum Gasteiger partial charge on any atom is -0.388 e. The summed E-state index contributed by atoms with van der Waals surface area (Å²) in [5.41, 5.74) is 6.16. The molecule has 0 radical (unpaired) electrons. The zero-order valence-corrected chi connectivity index (χ0v) is 11.1. The number of nitrogens with zero attached hydrogens (tertiary/aromatic N) is 2. The first kappa shape index (κ1) is 14.4. The number of hydrogen-bond donors (Lipinski definition) is 4. The highest BCUT2D eigenvalue weighted by atomic mass is 31.1. The Hall–Kier alpha value is -0.960. The van der Waals surface area contributed by atoms with Gasteiger partial charge in [-0.25, -0.2) is 4.99 Å². The molecule has 2 aliphatic heterocycles. The van der Waals surface area contributed by atoms with E-state index < -0.39 is 33.0 Å². The van der Waals surface area contributed by atoms with Crippen molar-refractivity contribution in [3.63, 3.8) is 0 Å². The summed E-state index contributed by atoms with van der Waals surface area (Å²) in [7, 11) is -3.24. The lowest BCUT2D eigenvalue weighted by Gasteiger charge is -2.35. The van der Waals surface area contributed by atoms with Crippen LogP contribution in [0.4, 0.5) is 0 Å². The first-order chi connectivity index (χ1) is 8.90. The molecule has 1 fully saturated rings. The van der Waals surface area contributed by atoms with Crippen LogP contribution < -0.4 is 5.73 Å². The fraction of sp³-hybridized carbons (Fsp3) is 0.667. The molecule has 4 unspecified atom stereocenters. The van der Waals surface area contributed by atoms with Crippen molar-refractivity contribution in [2.24, 2.45) is 10.7 Å². The van der Waals surface area contributed by atoms with Gasteiger partial charge in [-0.2, -0.15) is 0 Å². The number of amidine groups is 1. The van der Waals surface area contributed by atoms with Crippen LogP contribution >= 0.6 is 8.25 Å². The second-order valence-corrected chi connectivity index (χ2v) is 5.03. The molecule has 108 valence electrons. The van der Waals surface area contributed by atoms with Crippen molar-refractivity contribution in [3.8, 4) is 0 Å². The van der Waals surface area contributed by atoms with Crippen LogP contribution in [-0.2, 0) is 13.8 Å². The highest BCUT2D eigenvalue weighted by Gasteiger charge is 2.43. The Morgan fingerprint density at radius 1 is 1.63 bits per heavy atom. The second kappa shape index (κ2) is 5.58. The van der Waals surface area contributed by atoms with Crippen molar-refractivity contribution in [1.29, 1.82) is 0 Å². The van der Waals surface area contributed by atoms with Gasteiger partial charge in [-0.05, 0) is 6.92 Å². The summed E-state index contributed by atoms with van der Waals surface area (Å²) in [6, 6.07) is 0. The van der Waals surface area contributed by atoms with Gasteiger partial charge in [-0.15, -0.1) is 0 Å². The standard InChI is InChI=1S/C9H16N3O6P/c1-4-2-12(9(14)11-7(4)10)8-6(18-19(15)16)5(13)3-17-8/h2,5-6,8-9,13-14,19H,3H2,1H3,(H2,10,11)(H,15,16)/t5?,6?,8-,9?/m1/s1. The Balaban J connectivity index is 2.19. The average molecular weight is 293 g/mol. The molecule has 0 aromatic heterocycles. The fourth-order valence-electron chi connectivity index (χ4n) is 1.94. The molecule has 10 heteroatoms. The quantitative estimate of drug-likeness (QED) is 0.453. The molecule has 0 bridgehead atoms. The number of aliphatic hydroxyl groups is 2. The number of aliphatic imine (C=N–C) groups is 1. The second-order valence-electron chi connectivity index (χ2n) is 4.26. The molecular formula is C9H16N3O6P. The molecule has 2 rings (SSSR count). The molecule has 2 aliphatic rings. The maximum atomic E-state index is 10.8. The molecule has 5 atom stereocenters. The summed E-state index contributed by atoms with van der Waals surface area (Å²) in [5, 5.41) is 19.5. The molecule has 0 aromatic rings. The van der Waals surface area contributed by atoms with E-state index in [2.05, 4.69) is 4.99 Å². The Kier molecular flexibility index (Phi) is 4.24. The van der Waals surface area contributed by atoms with Gasteiger partial charge in [0.15, 0.2) is 6.23 Å². The summed E-state index contributed by atoms with van der Waals surface area (Å²) in [6.07, 6.45) is -2.83. The van der Waals surface area contributed by atoms with E-state index >= 15 is 0 Å². The normalized spacial score (nSPS) is 36.9. The van der Waals surface area contributed by atoms with Crippen molar-refractivity contribution < 1.29 is 28.9 Å². The molecule has 5 N–H and O–H groups in total. The van der Waals surface area contributed by atoms with Crippen LogP contribution in [0.15, 0.2) is 16.8 Å². The number of aliphatic hydroxyl groups excluding tert-OH is 2. The summed E-state index contributed by atoms with van der Waals surface area (Å²) in [4.78, 5) is 13.9. The van der Waals surface area contributed by atoms with Crippen molar-refractivity contribution in [3.05, 3.63) is 11.8 Å². The Labute approximate surface area is 109 Å². The summed E-state index contributed by atoms with van der Waals surface area (Å²) in [5.74, 6) is 0.190. The maximum Gasteiger partial charge on any atom is 0.317 e. The van der Waals surface area contributed by atoms with Crippen LogP contribution in [0.2, 0.25) is 0 Å². The molecule has 1 saturated heterocycles. The molecule has 0 aromatic carbocycles. The molecule has 0 saturated carbocycles. The highest BCUT2D eigenvalue weighted by molar-refractivity contribution is 7.32. The molecular weight excluding hydrogens is 277 g/mol. The van der Waals surface area contributed by atoms with Gasteiger partial charge in [0.2, 0.25) is 6.35 Å². The van der Waals surface area contributed by atoms with Crippen LogP contribution in [0, 0.1) is 0 Å². The van der Waals surface area contributed by atoms with Gasteiger partial charge in [0.1, 0.15) is 18.0 Å². The van der Waals surface area contributed by atoms with Gasteiger partial charge in [-0.3, -0.25) is 9.09 Å². The van der Waals surface area contributed by atoms with Crippen molar-refractivity contribution in [1.82, 2.24) is 4.90 Å². The summed E-state index contributed by atoms with van der Waals surface area (Å²) < 4.78 is 20.8. The Bertz CT molecular complexity index is 442. The van der Waals surface area contributed by atoms with E-state index in [4.69, 9.17) is 19.9 Å². The largest absolute Gasteiger partial charge is 0.388 e. The molecule has 19 heavy (non-hydrogen) atoms. The SMILES string of the molecule is CC1=CN([C@@H]2OCC(O)C2O[PH](=O)O)C(O)N=C1N. The third-order valence-electron chi connectivity index (χ3n) is 2.90. The van der Waals surface area contributed by atoms with Gasteiger partial charge in [0.05, 0.1) is 6.61 Å². The lowest BCUT2D eigenvalue weighted by Crippen LogP contribution is -2.48. The number of hydrogen-bond acceptors (Lipinski definition) is 8. The van der Waals surface area contributed by atoms with Crippen LogP contribution in [0.3, 0.4) is 0 Å². The summed E-state index contributed by atoms with van der Waals surface area (Å²) >= 11 is 0. The monoisotopic (exact) mass is 293 g/mol. The molecule has 2 heterocycles. The fourth-order valence-corrected chi connectivity index (χ4v) is 2.45. The molecule has 0 spiro atoms. The average Bonchev–Trinajstić information content (AvgIpc) is 2.65. The van der Waals surface area contributed by atoms with Gasteiger partial charge in [0, 0.05) is 11.8 Å². The van der Waals surface area contributed by atoms with Gasteiger partial charge in [0.25, 0.3) is 0 Å². The van der Waals surface area contributed by atoms with Crippen LogP contribution in [-0.4, -0.2) is 57.2 Å². The van der Waals surface area contributed by atoms with E-state index in [9.17, 15) is 14.8 Å². The van der Waals surface area contributed by atoms with E-state index in [-0.39, 0.29) is 12.4 Å². The number of rotatable bonds is 3. The zero-order valence-electron chi connectivity index (χ0n) is 10.1. The minimum absolute atomic E-state index is 0.0697. The van der Waals surface area contributed by atoms with E-state index in [0.717, 1.165) is 0 Å². The first-order valence-electron chi connectivity index (χ1n) is 5.57. The number of ether oxygens (including phenoxy) is 1. The van der Waals surface area contributed by atoms with Crippen molar-refractivity contribution >= 4 is 14.1 Å². The first-order valence-corrected chi connectivity index (χ1v) is 6.83. The minimum atomic E-state index is -3.24. The van der Waals surface area contributed by atoms with Crippen molar-refractivity contribution in [2.45, 2.75) is 31.7 Å². The van der Waals surface area contributed by atoms with Crippen LogP contribution in [0.25, 0.3) is 0 Å². The maximum absolute atomic E-state index is 10.8. The molecule has 0 amide bonds. The van der Waals surface area contributed by atoms with Gasteiger partial charge in [-0.1, -0.05) is 0 Å². The summed E-state index contributed by atoms with van der Waals surface area (Å²) in [6.45, 7) is 1.62. The van der Waals surface area contributed by atoms with Gasteiger partial charge >= 0.3 is 8.25 Å². The third kappa shape index (κ3) is 2.97. The molecule has 0 aliphatic carbocycles. The highest BCUT2D eigenvalue weighted by Crippen LogP contribution is 2.31. The van der Waals surface area contributed by atoms with E-state index in [1.54, 1.807) is 6.92 Å². The number of nitrogens with two attached hydrogens (primary N) is 1. The Morgan fingerprint density at radius 3 is 2.95 bits per heavy atom. The van der Waals surface area contributed by atoms with Gasteiger partial charge < -0.3 is 30.5 Å². The smallest absolute Gasteiger partial charge is 0.317 e. The lowest BCUT2D eigenvalue weighted by molar-refractivity contribution is -0.108. The van der Waals surface area contributed by atoms with E-state index in [1.165, 1.54) is 11.1 Å². The third-order valence-corrected chi connectivity index (χ3v) is 3.37. The van der Waals surface area contributed by atoms with E-state index in [1.807, 2.05) is 0 Å². The van der Waals surface area contributed by atoms with Crippen molar-refractivity contribution in [2.75, 3.05) is 6.61 Å². The topological polar surface area (TPSA) is 138 Å². The van der Waals surface area contributed by atoms with Crippen LogP contribution in [0.1, 0.15) is 6.92 Å². The predicted molar refractivity (Wildman–Crippen MR) is 65.1 cm³/mol. The Morgan fingerprint density at radius 2 is 2.32 bits per heavy atom.